The number of nitrogens with one attached hydrogen (secondary N) is 1. The first-order chi connectivity index (χ1) is 16.0. The number of H-pyrrole nitrogens is 1. The van der Waals surface area contributed by atoms with Gasteiger partial charge in [0.2, 0.25) is 0 Å². The van der Waals surface area contributed by atoms with Crippen LogP contribution in [0.15, 0.2) is 62.7 Å². The van der Waals surface area contributed by atoms with Crippen molar-refractivity contribution in [2.75, 3.05) is 6.61 Å². The van der Waals surface area contributed by atoms with Crippen LogP contribution in [0.25, 0.3) is 10.2 Å². The molecule has 170 valence electrons. The smallest absolute Gasteiger partial charge is 0.348 e. The Morgan fingerprint density at radius 1 is 1.09 bits per heavy atom. The van der Waals surface area contributed by atoms with Gasteiger partial charge >= 0.3 is 17.6 Å². The van der Waals surface area contributed by atoms with E-state index in [4.69, 9.17) is 13.9 Å². The molecule has 0 amide bonds. The van der Waals surface area contributed by atoms with Gasteiger partial charge in [0.25, 0.3) is 5.56 Å². The molecule has 0 saturated carbocycles. The molecule has 0 spiro atoms. The monoisotopic (exact) mass is 468 g/mol. The van der Waals surface area contributed by atoms with Crippen molar-refractivity contribution in [2.45, 2.75) is 26.5 Å². The largest absolute Gasteiger partial charge is 0.468 e. The third-order valence-corrected chi connectivity index (χ3v) is 5.92. The zero-order valence-electron chi connectivity index (χ0n) is 17.7. The number of benzene rings is 1. The fourth-order valence-electron chi connectivity index (χ4n) is 3.28. The summed E-state index contributed by atoms with van der Waals surface area (Å²) in [4.78, 5) is 53.0. The van der Waals surface area contributed by atoms with E-state index in [9.17, 15) is 19.2 Å². The van der Waals surface area contributed by atoms with E-state index < -0.39 is 23.2 Å². The first-order valence-corrected chi connectivity index (χ1v) is 11.0. The molecule has 3 aromatic heterocycles. The minimum atomic E-state index is -0.622. The maximum absolute atomic E-state index is 12.9. The van der Waals surface area contributed by atoms with Crippen LogP contribution in [-0.4, -0.2) is 28.1 Å². The Morgan fingerprint density at radius 2 is 1.88 bits per heavy atom. The van der Waals surface area contributed by atoms with Crippen LogP contribution < -0.4 is 11.2 Å². The first-order valence-electron chi connectivity index (χ1n) is 10.2. The minimum Gasteiger partial charge on any atom is -0.468 e. The number of ether oxygens (including phenoxy) is 2. The van der Waals surface area contributed by atoms with Crippen LogP contribution in [0.1, 0.15) is 38.3 Å². The van der Waals surface area contributed by atoms with Crippen molar-refractivity contribution in [3.05, 3.63) is 91.3 Å². The molecule has 0 radical (unpaired) electrons. The van der Waals surface area contributed by atoms with Gasteiger partial charge < -0.3 is 13.9 Å². The number of rotatable bonds is 8. The number of carbonyl (C=O) groups excluding carboxylic acids is 2. The molecule has 1 N–H and O–H groups in total. The van der Waals surface area contributed by atoms with Gasteiger partial charge in [0.05, 0.1) is 18.3 Å². The number of aromatic amines is 1. The topological polar surface area (TPSA) is 121 Å². The molecule has 3 heterocycles. The molecular weight excluding hydrogens is 448 g/mol. The standard InChI is InChI=1S/C23H20N2O7S/c1-2-30-21(27)15-9-11-31-17(15)8-10-25-20(26)16-12-18(33-19(16)24-23(25)29)22(28)32-13-14-6-4-3-5-7-14/h3-7,9,11-12H,2,8,10,13H2,1H3,(H,24,29). The van der Waals surface area contributed by atoms with Gasteiger partial charge in [-0.05, 0) is 24.6 Å². The van der Waals surface area contributed by atoms with Crippen LogP contribution in [0.4, 0.5) is 0 Å². The van der Waals surface area contributed by atoms with E-state index in [2.05, 4.69) is 4.98 Å². The lowest BCUT2D eigenvalue weighted by atomic mass is 10.2. The maximum atomic E-state index is 12.9. The highest BCUT2D eigenvalue weighted by atomic mass is 32.1. The van der Waals surface area contributed by atoms with Crippen molar-refractivity contribution < 1.29 is 23.5 Å². The maximum Gasteiger partial charge on any atom is 0.348 e. The highest BCUT2D eigenvalue weighted by Gasteiger charge is 2.19. The molecule has 0 unspecified atom stereocenters. The number of thiophene rings is 1. The second-order valence-corrected chi connectivity index (χ2v) is 8.08. The predicted molar refractivity (Wildman–Crippen MR) is 121 cm³/mol. The molecule has 0 aliphatic rings. The Balaban J connectivity index is 1.53. The number of nitrogens with zero attached hydrogens (tertiary/aromatic N) is 1. The van der Waals surface area contributed by atoms with Crippen molar-refractivity contribution in [2.24, 2.45) is 0 Å². The van der Waals surface area contributed by atoms with E-state index in [-0.39, 0.29) is 46.8 Å². The van der Waals surface area contributed by atoms with E-state index in [1.165, 1.54) is 18.4 Å². The summed E-state index contributed by atoms with van der Waals surface area (Å²) in [5.41, 5.74) is -0.0802. The fourth-order valence-corrected chi connectivity index (χ4v) is 4.21. The molecule has 0 saturated heterocycles. The van der Waals surface area contributed by atoms with Crippen LogP contribution in [-0.2, 0) is 29.0 Å². The molecule has 4 aromatic rings. The van der Waals surface area contributed by atoms with Crippen molar-refractivity contribution >= 4 is 33.5 Å². The summed E-state index contributed by atoms with van der Waals surface area (Å²) in [5.74, 6) is -0.800. The number of aryl methyl sites for hydroxylation is 1. The van der Waals surface area contributed by atoms with E-state index in [1.54, 1.807) is 6.92 Å². The molecule has 9 nitrogen and oxygen atoms in total. The summed E-state index contributed by atoms with van der Waals surface area (Å²) in [7, 11) is 0. The summed E-state index contributed by atoms with van der Waals surface area (Å²) in [6.07, 6.45) is 1.48. The van der Waals surface area contributed by atoms with Crippen molar-refractivity contribution in [1.29, 1.82) is 0 Å². The summed E-state index contributed by atoms with van der Waals surface area (Å²) < 4.78 is 16.6. The second-order valence-electron chi connectivity index (χ2n) is 7.03. The quantitative estimate of drug-likeness (QED) is 0.395. The van der Waals surface area contributed by atoms with Crippen LogP contribution in [0.5, 0.6) is 0 Å². The molecular formula is C23H20N2O7S. The van der Waals surface area contributed by atoms with Gasteiger partial charge in [-0.3, -0.25) is 14.3 Å². The molecule has 0 atom stereocenters. The third kappa shape index (κ3) is 4.80. The third-order valence-electron chi connectivity index (χ3n) is 4.89. The average molecular weight is 468 g/mol. The summed E-state index contributed by atoms with van der Waals surface area (Å²) in [6.45, 7) is 1.99. The van der Waals surface area contributed by atoms with Crippen molar-refractivity contribution in [3.63, 3.8) is 0 Å². The number of esters is 2. The van der Waals surface area contributed by atoms with Crippen molar-refractivity contribution in [1.82, 2.24) is 9.55 Å². The Bertz CT molecular complexity index is 1410. The lowest BCUT2D eigenvalue weighted by molar-refractivity contribution is 0.0477. The number of aromatic nitrogens is 2. The Hall–Kier alpha value is -3.92. The normalized spacial score (nSPS) is 10.9. The zero-order valence-corrected chi connectivity index (χ0v) is 18.5. The summed E-state index contributed by atoms with van der Waals surface area (Å²) in [6, 6.07) is 12.1. The second kappa shape index (κ2) is 9.70. The van der Waals surface area contributed by atoms with Gasteiger partial charge in [0.15, 0.2) is 0 Å². The minimum absolute atomic E-state index is 0.0202. The Labute approximate surface area is 191 Å². The molecule has 0 bridgehead atoms. The molecule has 1 aromatic carbocycles. The molecule has 33 heavy (non-hydrogen) atoms. The molecule has 0 fully saturated rings. The summed E-state index contributed by atoms with van der Waals surface area (Å²) >= 11 is 0.982. The number of fused-ring (bicyclic) bond motifs is 1. The van der Waals surface area contributed by atoms with E-state index >= 15 is 0 Å². The van der Waals surface area contributed by atoms with E-state index in [0.29, 0.717) is 5.76 Å². The molecule has 4 rings (SSSR count). The number of hydrogen-bond donors (Lipinski definition) is 1. The fraction of sp³-hybridized carbons (Fsp3) is 0.217. The molecule has 10 heteroatoms. The van der Waals surface area contributed by atoms with Gasteiger partial charge in [-0.1, -0.05) is 30.3 Å². The SMILES string of the molecule is CCOC(=O)c1ccoc1CCn1c(=O)[nH]c2sc(C(=O)OCc3ccccc3)cc2c1=O. The van der Waals surface area contributed by atoms with Crippen LogP contribution >= 0.6 is 11.3 Å². The van der Waals surface area contributed by atoms with Gasteiger partial charge in [-0.15, -0.1) is 11.3 Å². The lowest BCUT2D eigenvalue weighted by Gasteiger charge is -2.05. The van der Waals surface area contributed by atoms with Crippen molar-refractivity contribution in [3.8, 4) is 0 Å². The summed E-state index contributed by atoms with van der Waals surface area (Å²) in [5, 5.41) is 0.205. The van der Waals surface area contributed by atoms with E-state index in [1.807, 2.05) is 30.3 Å². The highest BCUT2D eigenvalue weighted by molar-refractivity contribution is 7.20. The van der Waals surface area contributed by atoms with E-state index in [0.717, 1.165) is 21.5 Å². The highest BCUT2D eigenvalue weighted by Crippen LogP contribution is 2.22. The molecule has 0 aliphatic heterocycles. The lowest BCUT2D eigenvalue weighted by Crippen LogP contribution is -2.35. The average Bonchev–Trinajstić information content (AvgIpc) is 3.45. The predicted octanol–water partition coefficient (Wildman–Crippen LogP) is 3.12. The van der Waals surface area contributed by atoms with Crippen LogP contribution in [0.3, 0.4) is 0 Å². The number of carbonyl (C=O) groups is 2. The van der Waals surface area contributed by atoms with Crippen LogP contribution in [0.2, 0.25) is 0 Å². The van der Waals surface area contributed by atoms with Gasteiger partial charge in [0, 0.05) is 13.0 Å². The Morgan fingerprint density at radius 3 is 2.64 bits per heavy atom. The van der Waals surface area contributed by atoms with Gasteiger partial charge in [-0.25, -0.2) is 14.4 Å². The van der Waals surface area contributed by atoms with Gasteiger partial charge in [0.1, 0.15) is 27.6 Å². The van der Waals surface area contributed by atoms with Gasteiger partial charge in [-0.2, -0.15) is 0 Å². The Kier molecular flexibility index (Phi) is 6.55. The number of furan rings is 1. The molecule has 0 aliphatic carbocycles. The first kappa shape index (κ1) is 22.3. The van der Waals surface area contributed by atoms with Crippen LogP contribution in [0, 0.1) is 0 Å². The zero-order chi connectivity index (χ0) is 23.4. The number of hydrogen-bond acceptors (Lipinski definition) is 8.